The second-order valence-electron chi connectivity index (χ2n) is 3.03. The minimum absolute atomic E-state index is 0.127. The zero-order valence-corrected chi connectivity index (χ0v) is 12.6. The van der Waals surface area contributed by atoms with Gasteiger partial charge in [-0.15, -0.1) is 3.71 Å². The largest absolute Gasteiger partial charge is 0.246 e. The van der Waals surface area contributed by atoms with Crippen LogP contribution in [0.4, 0.5) is 5.82 Å². The summed E-state index contributed by atoms with van der Waals surface area (Å²) in [6, 6.07) is 0. The lowest BCUT2D eigenvalue weighted by atomic mass is 10.7. The highest BCUT2D eigenvalue weighted by molar-refractivity contribution is 9.10. The van der Waals surface area contributed by atoms with Crippen LogP contribution in [0.5, 0.6) is 0 Å². The molecule has 0 saturated carbocycles. The van der Waals surface area contributed by atoms with E-state index in [2.05, 4.69) is 25.9 Å². The fraction of sp³-hybridized carbons (Fsp3) is 0.333. The van der Waals surface area contributed by atoms with Gasteiger partial charge in [0, 0.05) is 0 Å². The maximum atomic E-state index is 11.4. The molecule has 1 aromatic heterocycles. The molecule has 0 amide bonds. The fourth-order valence-corrected chi connectivity index (χ4v) is 4.59. The Morgan fingerprint density at radius 3 is 2.06 bits per heavy atom. The van der Waals surface area contributed by atoms with Crippen LogP contribution in [-0.2, 0) is 20.0 Å². The van der Waals surface area contributed by atoms with E-state index in [0.29, 0.717) is 0 Å². The number of hydrogen-bond acceptors (Lipinski definition) is 6. The van der Waals surface area contributed by atoms with Crippen molar-refractivity contribution in [2.45, 2.75) is 0 Å². The van der Waals surface area contributed by atoms with E-state index in [0.717, 1.165) is 18.7 Å². The first kappa shape index (κ1) is 14.6. The van der Waals surface area contributed by atoms with Crippen LogP contribution >= 0.6 is 27.5 Å². The van der Waals surface area contributed by atoms with Crippen molar-refractivity contribution in [2.75, 3.05) is 16.2 Å². The number of rotatable bonds is 3. The quantitative estimate of drug-likeness (QED) is 0.780. The summed E-state index contributed by atoms with van der Waals surface area (Å²) in [7, 11) is -8.14. The monoisotopic (exact) mass is 363 g/mol. The van der Waals surface area contributed by atoms with Gasteiger partial charge in [-0.3, -0.25) is 0 Å². The first-order valence-corrected chi connectivity index (χ1v) is 8.79. The molecule has 0 aliphatic carbocycles. The number of aromatic nitrogens is 2. The Labute approximate surface area is 112 Å². The highest BCUT2D eigenvalue weighted by Crippen LogP contribution is 2.26. The van der Waals surface area contributed by atoms with Crippen LogP contribution in [0.2, 0.25) is 5.15 Å². The van der Waals surface area contributed by atoms with Gasteiger partial charge in [0.05, 0.1) is 18.7 Å². The molecule has 7 nitrogen and oxygen atoms in total. The molecule has 0 saturated heterocycles. The standard InChI is InChI=1S/C6H7BrClN3O4S2/c1-16(12,13)11(17(2,14)15)6-5(8)10-4(7)3-9-6/h3H,1-2H3. The van der Waals surface area contributed by atoms with E-state index in [-0.39, 0.29) is 13.5 Å². The Morgan fingerprint density at radius 2 is 1.71 bits per heavy atom. The van der Waals surface area contributed by atoms with Crippen molar-refractivity contribution in [3.8, 4) is 0 Å². The van der Waals surface area contributed by atoms with Gasteiger partial charge in [-0.05, 0) is 15.9 Å². The smallest absolute Gasteiger partial charge is 0.232 e. The molecular formula is C6H7BrClN3O4S2. The summed E-state index contributed by atoms with van der Waals surface area (Å²) in [5.41, 5.74) is 0. The van der Waals surface area contributed by atoms with Gasteiger partial charge < -0.3 is 0 Å². The first-order valence-electron chi connectivity index (χ1n) is 3.92. The van der Waals surface area contributed by atoms with Gasteiger partial charge in [0.25, 0.3) is 0 Å². The Balaban J connectivity index is 3.56. The third-order valence-corrected chi connectivity index (χ3v) is 5.27. The third kappa shape index (κ3) is 3.50. The van der Waals surface area contributed by atoms with Crippen LogP contribution in [0.25, 0.3) is 0 Å². The summed E-state index contributed by atoms with van der Waals surface area (Å²) < 4.78 is 46.1. The van der Waals surface area contributed by atoms with Crippen molar-refractivity contribution < 1.29 is 16.8 Å². The molecule has 0 spiro atoms. The Morgan fingerprint density at radius 1 is 1.24 bits per heavy atom. The molecule has 0 unspecified atom stereocenters. The molecule has 17 heavy (non-hydrogen) atoms. The second kappa shape index (κ2) is 4.67. The lowest BCUT2D eigenvalue weighted by molar-refractivity contribution is 0.590. The van der Waals surface area contributed by atoms with Gasteiger partial charge in [0.2, 0.25) is 20.0 Å². The van der Waals surface area contributed by atoms with E-state index >= 15 is 0 Å². The van der Waals surface area contributed by atoms with Gasteiger partial charge in [-0.25, -0.2) is 26.8 Å². The number of sulfonamides is 2. The van der Waals surface area contributed by atoms with Crippen molar-refractivity contribution in [2.24, 2.45) is 0 Å². The average Bonchev–Trinajstić information content (AvgIpc) is 2.04. The zero-order chi connectivity index (χ0) is 13.4. The van der Waals surface area contributed by atoms with Crippen LogP contribution in [0.15, 0.2) is 10.8 Å². The predicted octanol–water partition coefficient (Wildman–Crippen LogP) is 0.618. The molecule has 0 aliphatic heterocycles. The van der Waals surface area contributed by atoms with Crippen LogP contribution in [0, 0.1) is 0 Å². The molecule has 11 heteroatoms. The highest BCUT2D eigenvalue weighted by Gasteiger charge is 2.31. The Bertz CT molecular complexity index is 613. The number of halogens is 2. The van der Waals surface area contributed by atoms with Gasteiger partial charge in [-0.2, -0.15) is 0 Å². The lowest BCUT2D eigenvalue weighted by Crippen LogP contribution is -2.36. The lowest BCUT2D eigenvalue weighted by Gasteiger charge is -2.18. The van der Waals surface area contributed by atoms with E-state index < -0.39 is 25.9 Å². The normalized spacial score (nSPS) is 12.5. The maximum absolute atomic E-state index is 11.4. The molecule has 1 rings (SSSR count). The van der Waals surface area contributed by atoms with Crippen molar-refractivity contribution >= 4 is 53.4 Å². The number of nitrogens with zero attached hydrogens (tertiary/aromatic N) is 3. The molecule has 1 heterocycles. The summed E-state index contributed by atoms with van der Waals surface area (Å²) in [5, 5.41) is -0.338. The maximum Gasteiger partial charge on any atom is 0.246 e. The molecular weight excluding hydrogens is 358 g/mol. The number of anilines is 1. The second-order valence-corrected chi connectivity index (χ2v) is 8.09. The summed E-state index contributed by atoms with van der Waals surface area (Å²) in [4.78, 5) is 7.31. The molecule has 0 aliphatic rings. The van der Waals surface area contributed by atoms with Crippen LogP contribution in [0.1, 0.15) is 0 Å². The minimum atomic E-state index is -4.07. The molecule has 1 aromatic rings. The van der Waals surface area contributed by atoms with Gasteiger partial charge >= 0.3 is 0 Å². The first-order chi connectivity index (χ1) is 7.53. The average molecular weight is 365 g/mol. The van der Waals surface area contributed by atoms with E-state index in [1.54, 1.807) is 0 Å². The third-order valence-electron chi connectivity index (χ3n) is 1.46. The Hall–Kier alpha value is -0.450. The summed E-state index contributed by atoms with van der Waals surface area (Å²) >= 11 is 8.63. The summed E-state index contributed by atoms with van der Waals surface area (Å²) in [6.07, 6.45) is 2.60. The highest BCUT2D eigenvalue weighted by atomic mass is 79.9. The zero-order valence-electron chi connectivity index (χ0n) is 8.62. The van der Waals surface area contributed by atoms with Crippen LogP contribution in [-0.4, -0.2) is 39.3 Å². The van der Waals surface area contributed by atoms with E-state index in [1.807, 2.05) is 0 Å². The minimum Gasteiger partial charge on any atom is -0.232 e. The SMILES string of the molecule is CS(=O)(=O)N(c1ncc(Br)nc1Cl)S(C)(=O)=O. The Kier molecular flexibility index (Phi) is 4.01. The predicted molar refractivity (Wildman–Crippen MR) is 66.9 cm³/mol. The van der Waals surface area contributed by atoms with Crippen molar-refractivity contribution in [3.63, 3.8) is 0 Å². The van der Waals surface area contributed by atoms with Gasteiger partial charge in [0.1, 0.15) is 4.60 Å². The molecule has 0 fully saturated rings. The molecule has 0 aromatic carbocycles. The fourth-order valence-electron chi connectivity index (χ4n) is 1.02. The summed E-state index contributed by atoms with van der Waals surface area (Å²) in [5.74, 6) is -0.458. The molecule has 0 bridgehead atoms. The van der Waals surface area contributed by atoms with E-state index in [1.165, 1.54) is 0 Å². The molecule has 96 valence electrons. The topological polar surface area (TPSA) is 97.3 Å². The van der Waals surface area contributed by atoms with Crippen molar-refractivity contribution in [1.82, 2.24) is 9.97 Å². The van der Waals surface area contributed by atoms with Gasteiger partial charge in [0.15, 0.2) is 11.0 Å². The number of hydrogen-bond donors (Lipinski definition) is 0. The van der Waals surface area contributed by atoms with Crippen LogP contribution in [0.3, 0.4) is 0 Å². The molecule has 0 radical (unpaired) electrons. The van der Waals surface area contributed by atoms with Crippen molar-refractivity contribution in [1.29, 1.82) is 0 Å². The van der Waals surface area contributed by atoms with E-state index in [9.17, 15) is 16.8 Å². The summed E-state index contributed by atoms with van der Waals surface area (Å²) in [6.45, 7) is 0. The van der Waals surface area contributed by atoms with Gasteiger partial charge in [-0.1, -0.05) is 11.6 Å². The molecule has 0 N–H and O–H groups in total. The van der Waals surface area contributed by atoms with E-state index in [4.69, 9.17) is 11.6 Å². The van der Waals surface area contributed by atoms with Crippen LogP contribution < -0.4 is 3.71 Å². The van der Waals surface area contributed by atoms with Crippen molar-refractivity contribution in [3.05, 3.63) is 16.0 Å². The molecule has 0 atom stereocenters.